The number of anilines is 1. The molecule has 0 bridgehead atoms. The summed E-state index contributed by atoms with van der Waals surface area (Å²) in [4.78, 5) is 4.56. The third kappa shape index (κ3) is 5.71. The molecule has 2 N–H and O–H groups in total. The monoisotopic (exact) mass is 483 g/mol. The Bertz CT molecular complexity index is 1330. The van der Waals surface area contributed by atoms with Gasteiger partial charge < -0.3 is 24.8 Å². The molecule has 186 valence electrons. The zero-order chi connectivity index (χ0) is 25.0. The van der Waals surface area contributed by atoms with Crippen LogP contribution in [0, 0.1) is 0 Å². The number of hydrogen-bond donors (Lipinski definition) is 2. The van der Waals surface area contributed by atoms with Crippen molar-refractivity contribution in [3.8, 4) is 23.0 Å². The first-order valence-electron chi connectivity index (χ1n) is 12.5. The topological polar surface area (TPSA) is 64.6 Å². The molecule has 6 heteroatoms. The van der Waals surface area contributed by atoms with Gasteiger partial charge in [0.15, 0.2) is 11.5 Å². The molecule has 2 heterocycles. The summed E-state index contributed by atoms with van der Waals surface area (Å²) in [6.45, 7) is 9.52. The minimum absolute atomic E-state index is 0.123. The second-order valence-corrected chi connectivity index (χ2v) is 10.1. The maximum Gasteiger partial charge on any atom is 0.231 e. The molecule has 1 aliphatic rings. The van der Waals surface area contributed by atoms with E-state index in [1.54, 1.807) is 0 Å². The lowest BCUT2D eigenvalue weighted by atomic mass is 9.87. The molecule has 4 aromatic rings. The van der Waals surface area contributed by atoms with E-state index in [4.69, 9.17) is 14.2 Å². The third-order valence-corrected chi connectivity index (χ3v) is 6.28. The van der Waals surface area contributed by atoms with E-state index >= 15 is 0 Å². The van der Waals surface area contributed by atoms with Crippen molar-refractivity contribution in [3.63, 3.8) is 0 Å². The number of ether oxygens (including phenoxy) is 3. The minimum atomic E-state index is 0.123. The van der Waals surface area contributed by atoms with Crippen LogP contribution < -0.4 is 24.8 Å². The van der Waals surface area contributed by atoms with Crippen molar-refractivity contribution < 1.29 is 14.2 Å². The van der Waals surface area contributed by atoms with Gasteiger partial charge in [-0.25, -0.2) is 0 Å². The van der Waals surface area contributed by atoms with E-state index in [9.17, 15) is 0 Å². The highest BCUT2D eigenvalue weighted by atomic mass is 16.7. The molecule has 0 fully saturated rings. The molecule has 6 nitrogen and oxygen atoms in total. The molecule has 1 aromatic heterocycles. The molecule has 0 spiro atoms. The fourth-order valence-corrected chi connectivity index (χ4v) is 4.22. The van der Waals surface area contributed by atoms with Gasteiger partial charge in [0.1, 0.15) is 11.5 Å². The summed E-state index contributed by atoms with van der Waals surface area (Å²) in [6, 6.07) is 22.5. The maximum atomic E-state index is 6.10. The number of pyridine rings is 1. The number of nitrogens with one attached hydrogen (secondary N) is 2. The lowest BCUT2D eigenvalue weighted by Crippen LogP contribution is -2.17. The molecule has 0 amide bonds. The van der Waals surface area contributed by atoms with Crippen LogP contribution in [0.15, 0.2) is 72.9 Å². The number of benzene rings is 3. The zero-order valence-corrected chi connectivity index (χ0v) is 21.1. The molecule has 0 aliphatic carbocycles. The van der Waals surface area contributed by atoms with Crippen molar-refractivity contribution in [1.82, 2.24) is 10.3 Å². The van der Waals surface area contributed by atoms with E-state index in [1.165, 1.54) is 11.1 Å². The van der Waals surface area contributed by atoms with Crippen LogP contribution >= 0.6 is 0 Å². The first-order valence-corrected chi connectivity index (χ1v) is 12.5. The molecule has 1 aliphatic heterocycles. The second-order valence-electron chi connectivity index (χ2n) is 10.1. The highest BCUT2D eigenvalue weighted by molar-refractivity contribution is 5.91. The van der Waals surface area contributed by atoms with Crippen LogP contribution in [0.1, 0.15) is 38.3 Å². The third-order valence-electron chi connectivity index (χ3n) is 6.28. The minimum Gasteiger partial charge on any atom is -0.457 e. The van der Waals surface area contributed by atoms with Crippen LogP contribution in [-0.2, 0) is 12.0 Å². The van der Waals surface area contributed by atoms with Gasteiger partial charge in [-0.1, -0.05) is 39.0 Å². The Morgan fingerprint density at radius 1 is 0.861 bits per heavy atom. The molecule has 0 atom stereocenters. The van der Waals surface area contributed by atoms with Gasteiger partial charge in [-0.2, -0.15) is 0 Å². The van der Waals surface area contributed by atoms with Gasteiger partial charge in [0.05, 0.1) is 5.52 Å². The first-order chi connectivity index (χ1) is 17.5. The number of fused-ring (bicyclic) bond motifs is 2. The van der Waals surface area contributed by atoms with E-state index in [1.807, 2.05) is 48.7 Å². The molecule has 0 saturated carbocycles. The van der Waals surface area contributed by atoms with Gasteiger partial charge in [0.2, 0.25) is 6.79 Å². The van der Waals surface area contributed by atoms with E-state index in [0.29, 0.717) is 6.79 Å². The molecule has 36 heavy (non-hydrogen) atoms. The molecule has 3 aromatic carbocycles. The average molecular weight is 484 g/mol. The summed E-state index contributed by atoms with van der Waals surface area (Å²) in [5.41, 5.74) is 4.59. The largest absolute Gasteiger partial charge is 0.457 e. The summed E-state index contributed by atoms with van der Waals surface area (Å²) in [6.07, 6.45) is 2.84. The standard InChI is InChI=1S/C30H33N3O3/c1-30(2,3)22-6-8-23(9-7-22)36-24-10-11-25-26(13-16-33-27(25)18-24)32-15-4-14-31-19-21-5-12-28-29(17-21)35-20-34-28/h5-13,16-18,31H,4,14-15,19-20H2,1-3H3,(H,32,33). The lowest BCUT2D eigenvalue weighted by Gasteiger charge is -2.19. The quantitative estimate of drug-likeness (QED) is 0.260. The summed E-state index contributed by atoms with van der Waals surface area (Å²) < 4.78 is 16.9. The van der Waals surface area contributed by atoms with E-state index < -0.39 is 0 Å². The van der Waals surface area contributed by atoms with Crippen molar-refractivity contribution >= 4 is 16.6 Å². The van der Waals surface area contributed by atoms with Crippen molar-refractivity contribution in [1.29, 1.82) is 0 Å². The lowest BCUT2D eigenvalue weighted by molar-refractivity contribution is 0.174. The normalized spacial score (nSPS) is 12.6. The highest BCUT2D eigenvalue weighted by Crippen LogP contribution is 2.33. The Balaban J connectivity index is 1.12. The molecule has 0 saturated heterocycles. The van der Waals surface area contributed by atoms with Crippen LogP contribution in [0.2, 0.25) is 0 Å². The van der Waals surface area contributed by atoms with Crippen molar-refractivity contribution in [2.45, 2.75) is 39.2 Å². The van der Waals surface area contributed by atoms with Crippen LogP contribution in [0.3, 0.4) is 0 Å². The van der Waals surface area contributed by atoms with Crippen LogP contribution in [-0.4, -0.2) is 24.9 Å². The van der Waals surface area contributed by atoms with Gasteiger partial charge >= 0.3 is 0 Å². The molecular weight excluding hydrogens is 450 g/mol. The van der Waals surface area contributed by atoms with Gasteiger partial charge in [0.25, 0.3) is 0 Å². The SMILES string of the molecule is CC(C)(C)c1ccc(Oc2ccc3c(NCCCNCc4ccc5c(c4)OCO5)ccnc3c2)cc1. The number of rotatable bonds is 9. The summed E-state index contributed by atoms with van der Waals surface area (Å²) in [5.74, 6) is 3.25. The van der Waals surface area contributed by atoms with Gasteiger partial charge in [-0.3, -0.25) is 4.98 Å². The fourth-order valence-electron chi connectivity index (χ4n) is 4.22. The summed E-state index contributed by atoms with van der Waals surface area (Å²) >= 11 is 0. The summed E-state index contributed by atoms with van der Waals surface area (Å²) in [5, 5.41) is 8.13. The Hall–Kier alpha value is -3.77. The highest BCUT2D eigenvalue weighted by Gasteiger charge is 2.14. The van der Waals surface area contributed by atoms with E-state index in [2.05, 4.69) is 60.7 Å². The Labute approximate surface area is 212 Å². The predicted molar refractivity (Wildman–Crippen MR) is 144 cm³/mol. The number of nitrogens with zero attached hydrogens (tertiary/aromatic N) is 1. The molecule has 0 unspecified atom stereocenters. The van der Waals surface area contributed by atoms with Crippen molar-refractivity contribution in [2.75, 3.05) is 25.2 Å². The fraction of sp³-hybridized carbons (Fsp3) is 0.300. The molecular formula is C30H33N3O3. The van der Waals surface area contributed by atoms with Crippen LogP contribution in [0.4, 0.5) is 5.69 Å². The second kappa shape index (κ2) is 10.5. The first kappa shape index (κ1) is 23.9. The van der Waals surface area contributed by atoms with Crippen molar-refractivity contribution in [3.05, 3.63) is 84.1 Å². The van der Waals surface area contributed by atoms with Gasteiger partial charge in [0, 0.05) is 36.4 Å². The average Bonchev–Trinajstić information content (AvgIpc) is 3.34. The molecule has 5 rings (SSSR count). The Morgan fingerprint density at radius 2 is 1.67 bits per heavy atom. The maximum absolute atomic E-state index is 6.10. The zero-order valence-electron chi connectivity index (χ0n) is 21.1. The smallest absolute Gasteiger partial charge is 0.231 e. The Kier molecular flexibility index (Phi) is 6.96. The number of aromatic nitrogens is 1. The van der Waals surface area contributed by atoms with Gasteiger partial charge in [-0.15, -0.1) is 0 Å². The van der Waals surface area contributed by atoms with Crippen LogP contribution in [0.25, 0.3) is 10.9 Å². The number of hydrogen-bond acceptors (Lipinski definition) is 6. The summed E-state index contributed by atoms with van der Waals surface area (Å²) in [7, 11) is 0. The Morgan fingerprint density at radius 3 is 2.50 bits per heavy atom. The predicted octanol–water partition coefficient (Wildman–Crippen LogP) is 6.65. The van der Waals surface area contributed by atoms with E-state index in [-0.39, 0.29) is 5.41 Å². The van der Waals surface area contributed by atoms with Gasteiger partial charge in [-0.05, 0) is 72.0 Å². The van der Waals surface area contributed by atoms with Crippen molar-refractivity contribution in [2.24, 2.45) is 0 Å². The molecule has 0 radical (unpaired) electrons. The van der Waals surface area contributed by atoms with E-state index in [0.717, 1.165) is 65.6 Å². The van der Waals surface area contributed by atoms with Crippen LogP contribution in [0.5, 0.6) is 23.0 Å².